The van der Waals surface area contributed by atoms with Gasteiger partial charge in [-0.25, -0.2) is 4.99 Å². The van der Waals surface area contributed by atoms with E-state index in [0.29, 0.717) is 6.07 Å². The van der Waals surface area contributed by atoms with Gasteiger partial charge in [-0.3, -0.25) is 14.4 Å². The van der Waals surface area contributed by atoms with E-state index in [1.807, 2.05) is 0 Å². The topological polar surface area (TPSA) is 157 Å². The molecule has 0 aliphatic carbocycles. The number of aliphatic imine (C=N–C) groups is 1. The third kappa shape index (κ3) is 4.47. The smallest absolute Gasteiger partial charge is 0.282 e. The summed E-state index contributed by atoms with van der Waals surface area (Å²) in [4.78, 5) is 2.76. The van der Waals surface area contributed by atoms with Crippen LogP contribution in [0, 0.1) is 11.5 Å². The van der Waals surface area contributed by atoms with Crippen LogP contribution in [-0.2, 0) is 20.2 Å². The number of rotatable bonds is 3. The van der Waals surface area contributed by atoms with Crippen LogP contribution in [0.1, 0.15) is 0 Å². The van der Waals surface area contributed by atoms with Gasteiger partial charge in [0.05, 0.1) is 10.6 Å². The fourth-order valence-corrected chi connectivity index (χ4v) is 3.70. The van der Waals surface area contributed by atoms with Crippen molar-refractivity contribution in [3.05, 3.63) is 30.3 Å². The predicted octanol–water partition coefficient (Wildman–Crippen LogP) is 1.75. The molecule has 0 unspecified atom stereocenters. The molecule has 2 aromatic rings. The van der Waals surface area contributed by atoms with Gasteiger partial charge < -0.3 is 0 Å². The second-order valence-electron chi connectivity index (χ2n) is 4.63. The summed E-state index contributed by atoms with van der Waals surface area (Å²) in [6, 6.07) is 5.86. The molecule has 0 spiro atoms. The molecule has 0 saturated carbocycles. The molecule has 0 atom stereocenters. The second kappa shape index (κ2) is 6.98. The molecule has 9 nitrogen and oxygen atoms in total. The van der Waals surface area contributed by atoms with Crippen molar-refractivity contribution >= 4 is 53.6 Å². The minimum Gasteiger partial charge on any atom is -0.282 e. The van der Waals surface area contributed by atoms with Gasteiger partial charge in [-0.15, -0.1) is 0 Å². The lowest BCUT2D eigenvalue weighted by molar-refractivity contribution is 0.482. The molecule has 0 aromatic heterocycles. The molecule has 12 heteroatoms. The Bertz CT molecular complexity index is 1120. The molecule has 0 aliphatic heterocycles. The Balaban J connectivity index is 2.80. The predicted molar refractivity (Wildman–Crippen MR) is 92.9 cm³/mol. The Morgan fingerprint density at radius 2 is 1.84 bits per heavy atom. The molecule has 0 bridgehead atoms. The van der Waals surface area contributed by atoms with Crippen molar-refractivity contribution in [2.45, 2.75) is 9.79 Å². The Labute approximate surface area is 147 Å². The van der Waals surface area contributed by atoms with Gasteiger partial charge in [0.25, 0.3) is 20.2 Å². The number of benzene rings is 2. The quantitative estimate of drug-likeness (QED) is 0.229. The van der Waals surface area contributed by atoms with Gasteiger partial charge in [0, 0.05) is 5.39 Å². The van der Waals surface area contributed by atoms with Crippen LogP contribution in [0.15, 0.2) is 45.1 Å². The van der Waals surface area contributed by atoms with Gasteiger partial charge in [0.2, 0.25) is 0 Å². The van der Waals surface area contributed by atoms with Crippen LogP contribution in [0.5, 0.6) is 0 Å². The normalized spacial score (nSPS) is 12.8. The number of nitrogens with one attached hydrogen (secondary N) is 1. The minimum absolute atomic E-state index is 0.00793. The molecule has 0 aliphatic rings. The van der Waals surface area contributed by atoms with E-state index in [1.54, 1.807) is 12.4 Å². The summed E-state index contributed by atoms with van der Waals surface area (Å²) in [7, 11) is -9.44. The zero-order chi connectivity index (χ0) is 18.8. The number of nitrogens with zero attached hydrogens (tertiary/aromatic N) is 2. The van der Waals surface area contributed by atoms with E-state index >= 15 is 0 Å². The Kier molecular flexibility index (Phi) is 5.35. The van der Waals surface area contributed by atoms with E-state index in [9.17, 15) is 21.4 Å². The van der Waals surface area contributed by atoms with Gasteiger partial charge >= 0.3 is 0 Å². The van der Waals surface area contributed by atoms with E-state index in [-0.39, 0.29) is 21.6 Å². The summed E-state index contributed by atoms with van der Waals surface area (Å²) in [6.45, 7) is 0. The first-order valence-electron chi connectivity index (χ1n) is 6.37. The molecule has 0 amide bonds. The highest BCUT2D eigenvalue weighted by Gasteiger charge is 2.20. The standard InChI is InChI=1S/C13H11N3O6S3/c1-23-13(15-7-14)16-9-3-2-8-4-10(24(17,18)19)6-12(11(8)5-9)25(20,21)22/h2-6H,1H3,(H,15,16)(H,17,18,19)(H,20,21,22). The molecule has 3 N–H and O–H groups in total. The van der Waals surface area contributed by atoms with Crippen LogP contribution in [0.3, 0.4) is 0 Å². The summed E-state index contributed by atoms with van der Waals surface area (Å²) in [5, 5.41) is 11.4. The van der Waals surface area contributed by atoms with Crippen molar-refractivity contribution in [3.63, 3.8) is 0 Å². The summed E-state index contributed by atoms with van der Waals surface area (Å²) in [5.41, 5.74) is 0.268. The highest BCUT2D eigenvalue weighted by molar-refractivity contribution is 8.13. The highest BCUT2D eigenvalue weighted by Crippen LogP contribution is 2.30. The third-order valence-electron chi connectivity index (χ3n) is 3.04. The number of fused-ring (bicyclic) bond motifs is 1. The van der Waals surface area contributed by atoms with Gasteiger partial charge in [0.15, 0.2) is 11.4 Å². The van der Waals surface area contributed by atoms with Crippen LogP contribution < -0.4 is 5.32 Å². The van der Waals surface area contributed by atoms with E-state index < -0.39 is 30.0 Å². The maximum Gasteiger partial charge on any atom is 0.295 e. The lowest BCUT2D eigenvalue weighted by atomic mass is 10.1. The van der Waals surface area contributed by atoms with Crippen LogP contribution in [-0.4, -0.2) is 37.4 Å². The van der Waals surface area contributed by atoms with Crippen LogP contribution in [0.2, 0.25) is 0 Å². The average molecular weight is 401 g/mol. The van der Waals surface area contributed by atoms with Crippen molar-refractivity contribution < 1.29 is 25.9 Å². The number of hydrogen-bond acceptors (Lipinski definition) is 7. The zero-order valence-electron chi connectivity index (χ0n) is 12.5. The van der Waals surface area contributed by atoms with E-state index in [1.165, 1.54) is 18.2 Å². The van der Waals surface area contributed by atoms with Gasteiger partial charge in [-0.1, -0.05) is 17.8 Å². The number of amidine groups is 1. The van der Waals surface area contributed by atoms with Gasteiger partial charge in [0.1, 0.15) is 4.90 Å². The van der Waals surface area contributed by atoms with E-state index in [4.69, 9.17) is 9.81 Å². The molecular formula is C13H11N3O6S3. The average Bonchev–Trinajstić information content (AvgIpc) is 2.51. The van der Waals surface area contributed by atoms with E-state index in [2.05, 4.69) is 10.3 Å². The number of nitriles is 1. The van der Waals surface area contributed by atoms with Crippen LogP contribution in [0.25, 0.3) is 10.8 Å². The maximum absolute atomic E-state index is 11.6. The van der Waals surface area contributed by atoms with Crippen molar-refractivity contribution in [2.24, 2.45) is 4.99 Å². The molecule has 2 rings (SSSR count). The van der Waals surface area contributed by atoms with Crippen molar-refractivity contribution in [3.8, 4) is 6.19 Å². The molecule has 25 heavy (non-hydrogen) atoms. The maximum atomic E-state index is 11.6. The fourth-order valence-electron chi connectivity index (χ4n) is 2.01. The molecule has 0 radical (unpaired) electrons. The van der Waals surface area contributed by atoms with Crippen molar-refractivity contribution in [1.29, 1.82) is 5.26 Å². The minimum atomic E-state index is -4.77. The van der Waals surface area contributed by atoms with Crippen molar-refractivity contribution in [2.75, 3.05) is 6.26 Å². The lowest BCUT2D eigenvalue weighted by Gasteiger charge is -2.08. The first-order chi connectivity index (χ1) is 11.6. The summed E-state index contributed by atoms with van der Waals surface area (Å²) < 4.78 is 64.3. The molecule has 0 heterocycles. The van der Waals surface area contributed by atoms with Crippen LogP contribution in [0.4, 0.5) is 5.69 Å². The largest absolute Gasteiger partial charge is 0.295 e. The first-order valence-corrected chi connectivity index (χ1v) is 10.5. The fraction of sp³-hybridized carbons (Fsp3) is 0.0769. The monoisotopic (exact) mass is 401 g/mol. The molecule has 2 aromatic carbocycles. The Morgan fingerprint density at radius 1 is 1.16 bits per heavy atom. The Morgan fingerprint density at radius 3 is 2.36 bits per heavy atom. The lowest BCUT2D eigenvalue weighted by Crippen LogP contribution is -2.12. The highest BCUT2D eigenvalue weighted by atomic mass is 32.2. The molecular weight excluding hydrogens is 390 g/mol. The summed E-state index contributed by atoms with van der Waals surface area (Å²) in [6.07, 6.45) is 3.38. The second-order valence-corrected chi connectivity index (χ2v) is 8.24. The summed E-state index contributed by atoms with van der Waals surface area (Å²) in [5.74, 6) is 0. The van der Waals surface area contributed by atoms with Gasteiger partial charge in [-0.05, 0) is 35.9 Å². The van der Waals surface area contributed by atoms with Crippen molar-refractivity contribution in [1.82, 2.24) is 5.32 Å². The Hall–Kier alpha value is -2.17. The molecule has 0 saturated heterocycles. The number of hydrogen-bond donors (Lipinski definition) is 3. The SMILES string of the molecule is CSC(=Nc1ccc2cc(S(=O)(=O)O)cc(S(=O)(=O)O)c2c1)NC#N. The first kappa shape index (κ1) is 19.2. The molecule has 132 valence electrons. The third-order valence-corrected chi connectivity index (χ3v) is 5.34. The zero-order valence-corrected chi connectivity index (χ0v) is 15.0. The van der Waals surface area contributed by atoms with Crippen LogP contribution >= 0.6 is 11.8 Å². The summed E-state index contributed by atoms with van der Waals surface area (Å²) >= 11 is 1.15. The van der Waals surface area contributed by atoms with Gasteiger partial charge in [-0.2, -0.15) is 22.1 Å². The number of thioether (sulfide) groups is 1. The van der Waals surface area contributed by atoms with E-state index in [0.717, 1.165) is 17.8 Å². The molecule has 0 fully saturated rings.